The van der Waals surface area contributed by atoms with Gasteiger partial charge in [0.1, 0.15) is 0 Å². The van der Waals surface area contributed by atoms with Gasteiger partial charge in [-0.2, -0.15) is 5.10 Å². The third kappa shape index (κ3) is 4.05. The normalized spacial score (nSPS) is 19.9. The number of nitrogens with one attached hydrogen (secondary N) is 2. The molecule has 2 aliphatic rings. The van der Waals surface area contributed by atoms with Crippen LogP contribution in [0, 0.1) is 0 Å². The van der Waals surface area contributed by atoms with Crippen molar-refractivity contribution in [2.75, 3.05) is 24.1 Å². The Labute approximate surface area is 204 Å². The molecule has 1 unspecified atom stereocenters. The molecule has 1 atom stereocenters. The highest BCUT2D eigenvalue weighted by Gasteiger charge is 2.51. The summed E-state index contributed by atoms with van der Waals surface area (Å²) in [5, 5.41) is 10.7. The molecule has 2 amide bonds. The van der Waals surface area contributed by atoms with Crippen LogP contribution in [0.25, 0.3) is 0 Å². The smallest absolute Gasteiger partial charge is 0.257 e. The van der Waals surface area contributed by atoms with Gasteiger partial charge in [-0.1, -0.05) is 30.3 Å². The van der Waals surface area contributed by atoms with Crippen LogP contribution in [0.5, 0.6) is 0 Å². The fourth-order valence-electron chi connectivity index (χ4n) is 5.13. The summed E-state index contributed by atoms with van der Waals surface area (Å²) in [7, 11) is -1.08. The van der Waals surface area contributed by atoms with Crippen molar-refractivity contribution in [1.29, 1.82) is 0 Å². The van der Waals surface area contributed by atoms with Gasteiger partial charge in [-0.3, -0.25) is 14.7 Å². The minimum absolute atomic E-state index is 0.0587. The number of amides is 2. The third-order valence-electron chi connectivity index (χ3n) is 7.45. The number of carbonyl (C=O) groups is 2. The highest BCUT2D eigenvalue weighted by atomic mass is 32.3. The fourth-order valence-corrected chi connectivity index (χ4v) is 7.25. The summed E-state index contributed by atoms with van der Waals surface area (Å²) >= 11 is 0. The van der Waals surface area contributed by atoms with Gasteiger partial charge in [0, 0.05) is 5.56 Å². The van der Waals surface area contributed by atoms with Gasteiger partial charge in [-0.25, -0.2) is 10.0 Å². The number of nitrogens with zero attached hydrogens (tertiary/aromatic N) is 2. The molecule has 8 heteroatoms. The lowest BCUT2D eigenvalue weighted by Gasteiger charge is -2.53. The molecule has 1 aromatic carbocycles. The molecular formula is C26H38N4O3S. The summed E-state index contributed by atoms with van der Waals surface area (Å²) in [5.74, 6) is 0.504. The second kappa shape index (κ2) is 8.72. The van der Waals surface area contributed by atoms with E-state index < -0.39 is 21.7 Å². The zero-order valence-corrected chi connectivity index (χ0v) is 22.2. The molecule has 0 radical (unpaired) electrons. The first kappa shape index (κ1) is 24.8. The average Bonchev–Trinajstić information content (AvgIpc) is 3.22. The largest absolute Gasteiger partial charge is 0.361 e. The molecule has 1 saturated carbocycles. The molecule has 1 aliphatic carbocycles. The highest BCUT2D eigenvalue weighted by Crippen LogP contribution is 2.60. The lowest BCUT2D eigenvalue weighted by molar-refractivity contribution is -0.153. The first-order valence-electron chi connectivity index (χ1n) is 12.0. The molecule has 2 heterocycles. The number of H-pyrrole nitrogens is 1. The summed E-state index contributed by atoms with van der Waals surface area (Å²) in [4.78, 5) is 29.1. The van der Waals surface area contributed by atoms with Crippen molar-refractivity contribution in [3.8, 4) is 0 Å². The first-order chi connectivity index (χ1) is 15.9. The lowest BCUT2D eigenvalue weighted by atomic mass is 9.83. The van der Waals surface area contributed by atoms with Crippen LogP contribution in [0.2, 0.25) is 0 Å². The Morgan fingerprint density at radius 2 is 1.79 bits per heavy atom. The van der Waals surface area contributed by atoms with E-state index in [1.807, 2.05) is 62.9 Å². The van der Waals surface area contributed by atoms with E-state index in [0.717, 1.165) is 36.1 Å². The van der Waals surface area contributed by atoms with Crippen molar-refractivity contribution in [3.05, 3.63) is 47.2 Å². The Kier molecular flexibility index (Phi) is 6.36. The van der Waals surface area contributed by atoms with Gasteiger partial charge in [0.2, 0.25) is 5.91 Å². The van der Waals surface area contributed by atoms with Crippen LogP contribution < -0.4 is 5.32 Å². The van der Waals surface area contributed by atoms with Crippen molar-refractivity contribution >= 4 is 27.7 Å². The summed E-state index contributed by atoms with van der Waals surface area (Å²) in [6.07, 6.45) is 8.76. The maximum Gasteiger partial charge on any atom is 0.257 e. The molecule has 1 aliphatic heterocycles. The standard InChI is InChI=1S/C26H38N4O3S/c1-17(2)33-20(18-12-9-8-10-13-18)23(31)30-16-19-21(25(30,3)4)28-29-22(19)27-24(32)26(14-11-15-26)34(5,6)7/h8-10,12-13,17,20H,11,14-16H2,1-7H3,(H2,27,28,29,32). The molecule has 1 fully saturated rings. The number of hydrogen-bond donors (Lipinski definition) is 2. The Morgan fingerprint density at radius 1 is 1.15 bits per heavy atom. The summed E-state index contributed by atoms with van der Waals surface area (Å²) in [5.41, 5.74) is 1.96. The molecule has 186 valence electrons. The molecule has 1 aromatic heterocycles. The van der Waals surface area contributed by atoms with Gasteiger partial charge < -0.3 is 15.0 Å². The van der Waals surface area contributed by atoms with Gasteiger partial charge in [0.15, 0.2) is 11.9 Å². The van der Waals surface area contributed by atoms with E-state index in [-0.39, 0.29) is 22.7 Å². The fraction of sp³-hybridized carbons (Fsp3) is 0.577. The molecule has 34 heavy (non-hydrogen) atoms. The predicted octanol–water partition coefficient (Wildman–Crippen LogP) is 4.71. The number of aromatic amines is 1. The van der Waals surface area contributed by atoms with Gasteiger partial charge in [0.05, 0.1) is 28.6 Å². The van der Waals surface area contributed by atoms with Gasteiger partial charge in [-0.05, 0) is 71.3 Å². The quantitative estimate of drug-likeness (QED) is 0.593. The van der Waals surface area contributed by atoms with Crippen LogP contribution in [0.1, 0.15) is 69.9 Å². The Hall–Kier alpha value is -2.32. The summed E-state index contributed by atoms with van der Waals surface area (Å²) < 4.78 is 5.79. The van der Waals surface area contributed by atoms with Crippen molar-refractivity contribution in [1.82, 2.24) is 15.1 Å². The topological polar surface area (TPSA) is 87.3 Å². The van der Waals surface area contributed by atoms with E-state index in [2.05, 4.69) is 34.3 Å². The van der Waals surface area contributed by atoms with Crippen molar-refractivity contribution < 1.29 is 14.3 Å². The Morgan fingerprint density at radius 3 is 2.32 bits per heavy atom. The number of benzene rings is 1. The van der Waals surface area contributed by atoms with Crippen molar-refractivity contribution in [3.63, 3.8) is 0 Å². The molecule has 0 spiro atoms. The zero-order valence-electron chi connectivity index (χ0n) is 21.4. The molecule has 4 rings (SSSR count). The Balaban J connectivity index is 1.60. The van der Waals surface area contributed by atoms with Crippen LogP contribution >= 0.6 is 10.0 Å². The number of anilines is 1. The van der Waals surface area contributed by atoms with Gasteiger partial charge in [0.25, 0.3) is 5.91 Å². The van der Waals surface area contributed by atoms with E-state index >= 15 is 0 Å². The summed E-state index contributed by atoms with van der Waals surface area (Å²) in [6.45, 7) is 8.25. The van der Waals surface area contributed by atoms with Crippen molar-refractivity contribution in [2.24, 2.45) is 0 Å². The van der Waals surface area contributed by atoms with Crippen LogP contribution in [0.4, 0.5) is 5.82 Å². The lowest BCUT2D eigenvalue weighted by Crippen LogP contribution is -2.51. The van der Waals surface area contributed by atoms with Crippen LogP contribution in [-0.2, 0) is 26.4 Å². The SMILES string of the molecule is CC(C)OC(C(=O)N1Cc2c(NC(=O)C3(S(C)(C)C)CCC3)n[nH]c2C1(C)C)c1ccccc1. The number of fused-ring (bicyclic) bond motifs is 1. The third-order valence-corrected chi connectivity index (χ3v) is 10.4. The average molecular weight is 487 g/mol. The van der Waals surface area contributed by atoms with Crippen LogP contribution in [0.15, 0.2) is 30.3 Å². The van der Waals surface area contributed by atoms with E-state index in [1.165, 1.54) is 0 Å². The number of carbonyl (C=O) groups excluding carboxylic acids is 2. The molecule has 7 nitrogen and oxygen atoms in total. The number of rotatable bonds is 7. The molecule has 2 N–H and O–H groups in total. The van der Waals surface area contributed by atoms with Gasteiger partial charge >= 0.3 is 0 Å². The van der Waals surface area contributed by atoms with Crippen LogP contribution in [0.3, 0.4) is 0 Å². The van der Waals surface area contributed by atoms with E-state index in [1.54, 1.807) is 0 Å². The second-order valence-electron chi connectivity index (χ2n) is 11.0. The number of hydrogen-bond acceptors (Lipinski definition) is 4. The highest BCUT2D eigenvalue weighted by molar-refractivity contribution is 8.33. The van der Waals surface area contributed by atoms with E-state index in [4.69, 9.17) is 4.74 Å². The minimum atomic E-state index is -1.08. The summed E-state index contributed by atoms with van der Waals surface area (Å²) in [6, 6.07) is 9.62. The maximum atomic E-state index is 13.8. The van der Waals surface area contributed by atoms with E-state index in [0.29, 0.717) is 12.4 Å². The van der Waals surface area contributed by atoms with Crippen molar-refractivity contribution in [2.45, 2.75) is 76.0 Å². The predicted molar refractivity (Wildman–Crippen MR) is 138 cm³/mol. The number of aromatic nitrogens is 2. The minimum Gasteiger partial charge on any atom is -0.361 e. The monoisotopic (exact) mass is 486 g/mol. The number of ether oxygens (including phenoxy) is 1. The van der Waals surface area contributed by atoms with Gasteiger partial charge in [-0.15, -0.1) is 0 Å². The molecule has 0 bridgehead atoms. The van der Waals surface area contributed by atoms with Crippen LogP contribution in [-0.4, -0.2) is 56.5 Å². The zero-order chi connectivity index (χ0) is 24.9. The first-order valence-corrected chi connectivity index (χ1v) is 14.8. The van der Waals surface area contributed by atoms with E-state index in [9.17, 15) is 9.59 Å². The molecule has 2 aromatic rings. The maximum absolute atomic E-state index is 13.8. The Bertz CT molecular complexity index is 1070. The molecule has 0 saturated heterocycles. The molecular weight excluding hydrogens is 448 g/mol. The second-order valence-corrected chi connectivity index (χ2v) is 15.5.